The first kappa shape index (κ1) is 14.3. The molecule has 0 atom stereocenters. The van der Waals surface area contributed by atoms with Crippen LogP contribution >= 0.6 is 0 Å². The van der Waals surface area contributed by atoms with Gasteiger partial charge >= 0.3 is 0 Å². The molecule has 2 heterocycles. The molecule has 0 unspecified atom stereocenters. The lowest BCUT2D eigenvalue weighted by Gasteiger charge is -2.05. The van der Waals surface area contributed by atoms with E-state index in [1.807, 2.05) is 59.2 Å². The number of para-hydroxylation sites is 2. The molecular weight excluding hydrogens is 301 g/mol. The van der Waals surface area contributed by atoms with Gasteiger partial charge in [0.25, 0.3) is 0 Å². The van der Waals surface area contributed by atoms with Crippen molar-refractivity contribution in [3.8, 4) is 5.82 Å². The minimum atomic E-state index is -0.243. The summed E-state index contributed by atoms with van der Waals surface area (Å²) in [6.07, 6.45) is 5.60. The predicted molar refractivity (Wildman–Crippen MR) is 94.2 cm³/mol. The second kappa shape index (κ2) is 6.08. The van der Waals surface area contributed by atoms with Crippen molar-refractivity contribution in [2.75, 3.05) is 0 Å². The summed E-state index contributed by atoms with van der Waals surface area (Å²) < 4.78 is 15.0. The van der Waals surface area contributed by atoms with E-state index in [-0.39, 0.29) is 5.82 Å². The SMILES string of the molecule is Fc1ccc(C=Cc2nc3ccccc3n2-c2ccccn2)cc1. The number of hydrogen-bond acceptors (Lipinski definition) is 2. The molecule has 0 aliphatic heterocycles. The molecule has 0 fully saturated rings. The fourth-order valence-electron chi connectivity index (χ4n) is 2.63. The van der Waals surface area contributed by atoms with Crippen LogP contribution in [0, 0.1) is 5.82 Å². The van der Waals surface area contributed by atoms with Crippen molar-refractivity contribution in [3.05, 3.63) is 90.1 Å². The lowest BCUT2D eigenvalue weighted by molar-refractivity contribution is 0.628. The molecule has 4 heteroatoms. The van der Waals surface area contributed by atoms with Crippen molar-refractivity contribution in [3.63, 3.8) is 0 Å². The molecule has 0 bridgehead atoms. The van der Waals surface area contributed by atoms with Crippen molar-refractivity contribution in [1.82, 2.24) is 14.5 Å². The van der Waals surface area contributed by atoms with Crippen LogP contribution in [0.15, 0.2) is 72.9 Å². The lowest BCUT2D eigenvalue weighted by Crippen LogP contribution is -1.99. The van der Waals surface area contributed by atoms with Crippen LogP contribution in [0.5, 0.6) is 0 Å². The lowest BCUT2D eigenvalue weighted by atomic mass is 10.2. The van der Waals surface area contributed by atoms with Gasteiger partial charge in [-0.1, -0.05) is 36.4 Å². The molecule has 0 amide bonds. The Kier molecular flexibility index (Phi) is 3.63. The highest BCUT2D eigenvalue weighted by Crippen LogP contribution is 2.21. The monoisotopic (exact) mass is 315 g/mol. The van der Waals surface area contributed by atoms with Crippen molar-refractivity contribution < 1.29 is 4.39 Å². The number of hydrogen-bond donors (Lipinski definition) is 0. The van der Waals surface area contributed by atoms with Gasteiger partial charge in [0.1, 0.15) is 17.5 Å². The van der Waals surface area contributed by atoms with Gasteiger partial charge in [0.2, 0.25) is 0 Å². The Balaban J connectivity index is 1.84. The summed E-state index contributed by atoms with van der Waals surface area (Å²) in [6.45, 7) is 0. The summed E-state index contributed by atoms with van der Waals surface area (Å²) in [5.41, 5.74) is 2.81. The highest BCUT2D eigenvalue weighted by Gasteiger charge is 2.10. The van der Waals surface area contributed by atoms with E-state index in [0.29, 0.717) is 0 Å². The maximum Gasteiger partial charge on any atom is 0.139 e. The van der Waals surface area contributed by atoms with Crippen LogP contribution in [-0.4, -0.2) is 14.5 Å². The quantitative estimate of drug-likeness (QED) is 0.547. The molecule has 2 aromatic carbocycles. The molecule has 0 radical (unpaired) electrons. The van der Waals surface area contributed by atoms with Gasteiger partial charge in [-0.2, -0.15) is 0 Å². The first-order valence-corrected chi connectivity index (χ1v) is 7.64. The maximum atomic E-state index is 13.0. The van der Waals surface area contributed by atoms with E-state index < -0.39 is 0 Å². The summed E-state index contributed by atoms with van der Waals surface area (Å²) in [6, 6.07) is 20.1. The topological polar surface area (TPSA) is 30.7 Å². The second-order valence-electron chi connectivity index (χ2n) is 5.37. The molecule has 4 rings (SSSR count). The van der Waals surface area contributed by atoms with Gasteiger partial charge in [-0.25, -0.2) is 14.4 Å². The largest absolute Gasteiger partial charge is 0.277 e. The molecule has 2 aromatic heterocycles. The number of rotatable bonds is 3. The third-order valence-corrected chi connectivity index (χ3v) is 3.76. The molecule has 4 aromatic rings. The zero-order valence-corrected chi connectivity index (χ0v) is 12.8. The number of pyridine rings is 1. The molecule has 116 valence electrons. The van der Waals surface area contributed by atoms with E-state index in [1.165, 1.54) is 12.1 Å². The molecule has 0 aliphatic carbocycles. The number of halogens is 1. The summed E-state index contributed by atoms with van der Waals surface area (Å²) in [4.78, 5) is 9.12. The number of imidazole rings is 1. The van der Waals surface area contributed by atoms with Crippen LogP contribution in [0.1, 0.15) is 11.4 Å². The average molecular weight is 315 g/mol. The van der Waals surface area contributed by atoms with Crippen molar-refractivity contribution in [1.29, 1.82) is 0 Å². The highest BCUT2D eigenvalue weighted by atomic mass is 19.1. The highest BCUT2D eigenvalue weighted by molar-refractivity contribution is 5.81. The van der Waals surface area contributed by atoms with Crippen molar-refractivity contribution in [2.24, 2.45) is 0 Å². The zero-order chi connectivity index (χ0) is 16.4. The van der Waals surface area contributed by atoms with E-state index >= 15 is 0 Å². The molecule has 0 N–H and O–H groups in total. The summed E-state index contributed by atoms with van der Waals surface area (Å²) in [5, 5.41) is 0. The van der Waals surface area contributed by atoms with Crippen LogP contribution in [-0.2, 0) is 0 Å². The standard InChI is InChI=1S/C20H14FN3/c21-16-11-8-15(9-12-16)10-13-20-23-17-5-1-2-6-18(17)24(20)19-7-3-4-14-22-19/h1-14H. The maximum absolute atomic E-state index is 13.0. The predicted octanol–water partition coefficient (Wildman–Crippen LogP) is 4.73. The van der Waals surface area contributed by atoms with Crippen LogP contribution in [0.2, 0.25) is 0 Å². The minimum Gasteiger partial charge on any atom is -0.277 e. The van der Waals surface area contributed by atoms with E-state index in [2.05, 4.69) is 9.97 Å². The van der Waals surface area contributed by atoms with Crippen LogP contribution in [0.25, 0.3) is 29.0 Å². The normalized spacial score (nSPS) is 11.4. The minimum absolute atomic E-state index is 0.243. The molecule has 0 spiro atoms. The third-order valence-electron chi connectivity index (χ3n) is 3.76. The summed E-state index contributed by atoms with van der Waals surface area (Å²) >= 11 is 0. The van der Waals surface area contributed by atoms with Crippen molar-refractivity contribution >= 4 is 23.2 Å². The van der Waals surface area contributed by atoms with Crippen molar-refractivity contribution in [2.45, 2.75) is 0 Å². The fourth-order valence-corrected chi connectivity index (χ4v) is 2.63. The van der Waals surface area contributed by atoms with Gasteiger partial charge in [-0.3, -0.25) is 4.57 Å². The molecule has 0 saturated heterocycles. The number of fused-ring (bicyclic) bond motifs is 1. The first-order valence-electron chi connectivity index (χ1n) is 7.64. The van der Waals surface area contributed by atoms with E-state index in [9.17, 15) is 4.39 Å². The molecule has 3 nitrogen and oxygen atoms in total. The molecule has 0 aliphatic rings. The fraction of sp³-hybridized carbons (Fsp3) is 0. The molecule has 24 heavy (non-hydrogen) atoms. The molecule has 0 saturated carbocycles. The first-order chi connectivity index (χ1) is 11.8. The van der Waals surface area contributed by atoms with E-state index in [1.54, 1.807) is 18.3 Å². The number of aromatic nitrogens is 3. The second-order valence-corrected chi connectivity index (χ2v) is 5.37. The Bertz CT molecular complexity index is 1000. The Labute approximate surface area is 138 Å². The Morgan fingerprint density at radius 1 is 0.833 bits per heavy atom. The van der Waals surface area contributed by atoms with E-state index in [4.69, 9.17) is 0 Å². The number of nitrogens with zero attached hydrogens (tertiary/aromatic N) is 3. The Morgan fingerprint density at radius 2 is 1.62 bits per heavy atom. The van der Waals surface area contributed by atoms with Crippen LogP contribution in [0.4, 0.5) is 4.39 Å². The van der Waals surface area contributed by atoms with Gasteiger partial charge in [0.05, 0.1) is 11.0 Å². The van der Waals surface area contributed by atoms with Gasteiger partial charge in [0.15, 0.2) is 0 Å². The van der Waals surface area contributed by atoms with Gasteiger partial charge in [0, 0.05) is 6.20 Å². The van der Waals surface area contributed by atoms with Gasteiger partial charge < -0.3 is 0 Å². The van der Waals surface area contributed by atoms with Gasteiger partial charge in [-0.15, -0.1) is 0 Å². The Hall–Kier alpha value is -3.27. The zero-order valence-electron chi connectivity index (χ0n) is 12.8. The average Bonchev–Trinajstić information content (AvgIpc) is 3.00. The Morgan fingerprint density at radius 3 is 2.42 bits per heavy atom. The van der Waals surface area contributed by atoms with Crippen LogP contribution < -0.4 is 0 Å². The summed E-state index contributed by atoms with van der Waals surface area (Å²) in [5.74, 6) is 1.34. The third kappa shape index (κ3) is 2.70. The summed E-state index contributed by atoms with van der Waals surface area (Å²) in [7, 11) is 0. The molecular formula is C20H14FN3. The van der Waals surface area contributed by atoms with Gasteiger partial charge in [-0.05, 0) is 48.0 Å². The smallest absolute Gasteiger partial charge is 0.139 e. The number of benzene rings is 2. The van der Waals surface area contributed by atoms with Crippen LogP contribution in [0.3, 0.4) is 0 Å². The van der Waals surface area contributed by atoms with E-state index in [0.717, 1.165) is 28.2 Å².